The number of imide groups is 1. The molecule has 3 aromatic rings. The number of benzene rings is 3. The lowest BCUT2D eigenvalue weighted by Crippen LogP contribution is -2.29. The number of rotatable bonds is 9. The quantitative estimate of drug-likeness (QED) is 0.174. The largest absolute Gasteiger partial charge is 0.493 e. The number of ether oxygens (including phenoxy) is 2. The Morgan fingerprint density at radius 2 is 1.78 bits per heavy atom. The zero-order valence-corrected chi connectivity index (χ0v) is 23.8. The van der Waals surface area contributed by atoms with Gasteiger partial charge in [0.15, 0.2) is 11.5 Å². The van der Waals surface area contributed by atoms with Crippen LogP contribution >= 0.6 is 57.6 Å². The fourth-order valence-electron chi connectivity index (χ4n) is 3.68. The molecular weight excluding hydrogens is 632 g/mol. The Kier molecular flexibility index (Phi) is 9.22. The number of nitrogens with zero attached hydrogens (tertiary/aromatic N) is 1. The molecule has 36 heavy (non-hydrogen) atoms. The fraction of sp³-hybridized carbons (Fsp3) is 0.185. The van der Waals surface area contributed by atoms with Crippen LogP contribution < -0.4 is 9.47 Å². The Bertz CT molecular complexity index is 1320. The third kappa shape index (κ3) is 6.56. The van der Waals surface area contributed by atoms with Gasteiger partial charge in [-0.3, -0.25) is 14.5 Å². The zero-order valence-electron chi connectivity index (χ0n) is 19.3. The molecule has 4 rings (SSSR count). The molecule has 0 atom stereocenters. The van der Waals surface area contributed by atoms with Gasteiger partial charge in [-0.25, -0.2) is 0 Å². The smallest absolute Gasteiger partial charge is 0.293 e. The van der Waals surface area contributed by atoms with Crippen LogP contribution in [0.15, 0.2) is 65.6 Å². The lowest BCUT2D eigenvalue weighted by atomic mass is 10.1. The van der Waals surface area contributed by atoms with Crippen molar-refractivity contribution in [2.75, 3.05) is 13.7 Å². The van der Waals surface area contributed by atoms with E-state index >= 15 is 0 Å². The van der Waals surface area contributed by atoms with Crippen LogP contribution in [0.3, 0.4) is 0 Å². The van der Waals surface area contributed by atoms with Crippen LogP contribution in [0.2, 0.25) is 10.0 Å². The van der Waals surface area contributed by atoms with Crippen molar-refractivity contribution >= 4 is 74.8 Å². The van der Waals surface area contributed by atoms with Crippen LogP contribution in [-0.4, -0.2) is 29.7 Å². The molecule has 5 nitrogen and oxygen atoms in total. The highest BCUT2D eigenvalue weighted by molar-refractivity contribution is 14.1. The first-order valence-corrected chi connectivity index (χ1v) is 13.7. The van der Waals surface area contributed by atoms with Crippen LogP contribution in [0.1, 0.15) is 23.1 Å². The molecule has 2 amide bonds. The molecule has 0 N–H and O–H groups in total. The number of carbonyl (C=O) groups excluding carboxylic acids is 2. The molecule has 0 aliphatic carbocycles. The highest BCUT2D eigenvalue weighted by atomic mass is 127. The van der Waals surface area contributed by atoms with Gasteiger partial charge in [0.25, 0.3) is 11.1 Å². The van der Waals surface area contributed by atoms with Gasteiger partial charge >= 0.3 is 0 Å². The predicted molar refractivity (Wildman–Crippen MR) is 154 cm³/mol. The van der Waals surface area contributed by atoms with Gasteiger partial charge in [0.05, 0.1) is 25.6 Å². The summed E-state index contributed by atoms with van der Waals surface area (Å²) < 4.78 is 12.4. The van der Waals surface area contributed by atoms with Crippen LogP contribution in [0, 0.1) is 3.57 Å². The average molecular weight is 654 g/mol. The third-order valence-corrected chi connectivity index (χ3v) is 7.93. The molecule has 186 valence electrons. The first kappa shape index (κ1) is 26.9. The van der Waals surface area contributed by atoms with Crippen molar-refractivity contribution in [2.24, 2.45) is 0 Å². The summed E-state index contributed by atoms with van der Waals surface area (Å²) in [5, 5.41) is 0.698. The van der Waals surface area contributed by atoms with Gasteiger partial charge in [0.2, 0.25) is 0 Å². The number of thioether (sulfide) groups is 1. The number of hydrogen-bond acceptors (Lipinski definition) is 5. The summed E-state index contributed by atoms with van der Waals surface area (Å²) in [5.74, 6) is 0.831. The van der Waals surface area contributed by atoms with Crippen LogP contribution in [-0.2, 0) is 17.8 Å². The molecule has 0 radical (unpaired) electrons. The Morgan fingerprint density at radius 3 is 2.50 bits per heavy atom. The Morgan fingerprint density at radius 1 is 1.00 bits per heavy atom. The summed E-state index contributed by atoms with van der Waals surface area (Å²) in [7, 11) is 1.56. The van der Waals surface area contributed by atoms with Crippen molar-refractivity contribution in [1.29, 1.82) is 0 Å². The van der Waals surface area contributed by atoms with Gasteiger partial charge in [-0.2, -0.15) is 0 Å². The van der Waals surface area contributed by atoms with Crippen molar-refractivity contribution in [3.8, 4) is 11.5 Å². The molecule has 9 heteroatoms. The summed E-state index contributed by atoms with van der Waals surface area (Å²) in [6, 6.07) is 19.0. The Balaban J connectivity index is 1.45. The van der Waals surface area contributed by atoms with Gasteiger partial charge < -0.3 is 9.47 Å². The molecule has 1 aliphatic heterocycles. The van der Waals surface area contributed by atoms with Gasteiger partial charge in [-0.15, -0.1) is 0 Å². The minimum Gasteiger partial charge on any atom is -0.493 e. The van der Waals surface area contributed by atoms with E-state index in [2.05, 4.69) is 22.6 Å². The summed E-state index contributed by atoms with van der Waals surface area (Å²) in [5.41, 5.74) is 2.79. The van der Waals surface area contributed by atoms with Gasteiger partial charge in [-0.1, -0.05) is 59.6 Å². The normalized spacial score (nSPS) is 14.6. The third-order valence-electron chi connectivity index (χ3n) is 5.48. The SMILES string of the molecule is COc1cc(/C=C2/SC(=O)N(CCCc3ccccc3)C2=O)cc(I)c1OCc1ccc(Cl)c(Cl)c1. The maximum Gasteiger partial charge on any atom is 0.293 e. The fourth-order valence-corrected chi connectivity index (χ4v) is 5.65. The van der Waals surface area contributed by atoms with Gasteiger partial charge in [-0.05, 0) is 94.2 Å². The molecule has 0 bridgehead atoms. The number of hydrogen-bond donors (Lipinski definition) is 0. The standard InChI is InChI=1S/C27H22Cl2INO4S/c1-34-23-14-19(13-22(30)25(23)35-16-18-9-10-20(28)21(29)12-18)15-24-26(32)31(27(33)36-24)11-5-8-17-6-3-2-4-7-17/h2-4,6-7,9-10,12-15H,5,8,11,16H2,1H3/b24-15+. The second-order valence-electron chi connectivity index (χ2n) is 7.99. The first-order chi connectivity index (χ1) is 17.4. The van der Waals surface area contributed by atoms with Crippen molar-refractivity contribution in [1.82, 2.24) is 4.90 Å². The summed E-state index contributed by atoms with van der Waals surface area (Å²) in [6.07, 6.45) is 3.24. The van der Waals surface area contributed by atoms with Crippen LogP contribution in [0.25, 0.3) is 6.08 Å². The monoisotopic (exact) mass is 653 g/mol. The van der Waals surface area contributed by atoms with E-state index in [4.69, 9.17) is 32.7 Å². The van der Waals surface area contributed by atoms with Gasteiger partial charge in [0.1, 0.15) is 6.61 Å². The second kappa shape index (κ2) is 12.4. The van der Waals surface area contributed by atoms with Gasteiger partial charge in [0, 0.05) is 6.54 Å². The van der Waals surface area contributed by atoms with E-state index in [0.29, 0.717) is 39.4 Å². The van der Waals surface area contributed by atoms with E-state index in [1.165, 1.54) is 10.5 Å². The van der Waals surface area contributed by atoms with E-state index in [-0.39, 0.29) is 17.8 Å². The first-order valence-electron chi connectivity index (χ1n) is 11.1. The van der Waals surface area contributed by atoms with Crippen molar-refractivity contribution < 1.29 is 19.1 Å². The molecule has 1 saturated heterocycles. The average Bonchev–Trinajstić information content (AvgIpc) is 3.13. The topological polar surface area (TPSA) is 55.8 Å². The summed E-state index contributed by atoms with van der Waals surface area (Å²) in [4.78, 5) is 27.1. The summed E-state index contributed by atoms with van der Waals surface area (Å²) >= 11 is 15.2. The lowest BCUT2D eigenvalue weighted by molar-refractivity contribution is -0.122. The minimum atomic E-state index is -0.271. The predicted octanol–water partition coefficient (Wildman–Crippen LogP) is 7.85. The zero-order chi connectivity index (χ0) is 25.7. The highest BCUT2D eigenvalue weighted by Gasteiger charge is 2.34. The maximum absolute atomic E-state index is 12.9. The number of aryl methyl sites for hydroxylation is 1. The maximum atomic E-state index is 12.9. The van der Waals surface area contributed by atoms with E-state index < -0.39 is 0 Å². The van der Waals surface area contributed by atoms with Crippen LogP contribution in [0.5, 0.6) is 11.5 Å². The lowest BCUT2D eigenvalue weighted by Gasteiger charge is -2.14. The van der Waals surface area contributed by atoms with Crippen LogP contribution in [0.4, 0.5) is 4.79 Å². The molecule has 0 unspecified atom stereocenters. The molecule has 1 aliphatic rings. The van der Waals surface area contributed by atoms with E-state index in [9.17, 15) is 9.59 Å². The Labute approximate surface area is 237 Å². The summed E-state index contributed by atoms with van der Waals surface area (Å²) in [6.45, 7) is 0.670. The molecule has 1 heterocycles. The molecule has 0 saturated carbocycles. The van der Waals surface area contributed by atoms with Crippen molar-refractivity contribution in [3.05, 3.63) is 95.9 Å². The molecular formula is C27H22Cl2INO4S. The number of carbonyl (C=O) groups is 2. The molecule has 1 fully saturated rings. The van der Waals surface area contributed by atoms with E-state index in [0.717, 1.165) is 32.9 Å². The number of halogens is 3. The van der Waals surface area contributed by atoms with Crippen molar-refractivity contribution in [3.63, 3.8) is 0 Å². The number of methoxy groups -OCH3 is 1. The van der Waals surface area contributed by atoms with Crippen molar-refractivity contribution in [2.45, 2.75) is 19.4 Å². The molecule has 0 aromatic heterocycles. The number of amides is 2. The minimum absolute atomic E-state index is 0.248. The highest BCUT2D eigenvalue weighted by Crippen LogP contribution is 2.38. The Hall–Kier alpha value is -2.20. The van der Waals surface area contributed by atoms with E-state index in [1.54, 1.807) is 31.4 Å². The van der Waals surface area contributed by atoms with E-state index in [1.807, 2.05) is 42.5 Å². The molecule has 3 aromatic carbocycles. The second-order valence-corrected chi connectivity index (χ2v) is 11.0. The molecule has 0 spiro atoms.